The van der Waals surface area contributed by atoms with E-state index in [9.17, 15) is 0 Å². The van der Waals surface area contributed by atoms with E-state index in [-0.39, 0.29) is 0 Å². The third-order valence-electron chi connectivity index (χ3n) is 5.71. The molecule has 136 valence electrons. The van der Waals surface area contributed by atoms with E-state index in [0.717, 1.165) is 12.8 Å². The van der Waals surface area contributed by atoms with E-state index in [1.165, 1.54) is 58.2 Å². The Hall–Kier alpha value is -2.60. The Bertz CT molecular complexity index is 961. The van der Waals surface area contributed by atoms with Crippen molar-refractivity contribution in [3.05, 3.63) is 89.0 Å². The van der Waals surface area contributed by atoms with E-state index < -0.39 is 0 Å². The third kappa shape index (κ3) is 3.49. The summed E-state index contributed by atoms with van der Waals surface area (Å²) in [5.74, 6) is 0. The first-order chi connectivity index (χ1) is 13.3. The summed E-state index contributed by atoms with van der Waals surface area (Å²) in [7, 11) is 0. The van der Waals surface area contributed by atoms with Crippen molar-refractivity contribution >= 4 is 6.08 Å². The number of allylic oxidation sites excluding steroid dienone is 1. The molecule has 27 heavy (non-hydrogen) atoms. The number of hydrogen-bond donors (Lipinski definition) is 0. The van der Waals surface area contributed by atoms with E-state index in [2.05, 4.69) is 86.7 Å². The maximum Gasteiger partial charge on any atom is -0.00272 e. The van der Waals surface area contributed by atoms with Gasteiger partial charge in [-0.2, -0.15) is 0 Å². The second-order valence-corrected chi connectivity index (χ2v) is 7.52. The van der Waals surface area contributed by atoms with Crippen LogP contribution in [0.1, 0.15) is 49.8 Å². The molecular weight excluding hydrogens is 324 g/mol. The summed E-state index contributed by atoms with van der Waals surface area (Å²) < 4.78 is 0. The van der Waals surface area contributed by atoms with Crippen molar-refractivity contribution in [1.82, 2.24) is 0 Å². The summed E-state index contributed by atoms with van der Waals surface area (Å²) in [6, 6.07) is 24.5. The molecule has 0 saturated carbocycles. The lowest BCUT2D eigenvalue weighted by Crippen LogP contribution is -1.95. The number of benzene rings is 3. The zero-order valence-corrected chi connectivity index (χ0v) is 16.5. The third-order valence-corrected chi connectivity index (χ3v) is 5.71. The minimum absolute atomic E-state index is 1.06. The number of fused-ring (bicyclic) bond motifs is 1. The summed E-state index contributed by atoms with van der Waals surface area (Å²) in [6.45, 7) is 4.53. The molecule has 0 amide bonds. The molecule has 0 N–H and O–H groups in total. The van der Waals surface area contributed by atoms with Crippen LogP contribution in [0.15, 0.2) is 72.3 Å². The molecule has 1 aliphatic rings. The van der Waals surface area contributed by atoms with Gasteiger partial charge in [0.2, 0.25) is 0 Å². The van der Waals surface area contributed by atoms with Crippen molar-refractivity contribution in [3.8, 4) is 22.3 Å². The molecule has 3 aromatic carbocycles. The number of unbranched alkanes of at least 4 members (excludes halogenated alkanes) is 1. The smallest absolute Gasteiger partial charge is 0.00272 e. The Kier molecular flexibility index (Phi) is 5.25. The van der Waals surface area contributed by atoms with Gasteiger partial charge in [-0.1, -0.05) is 98.6 Å². The predicted molar refractivity (Wildman–Crippen MR) is 118 cm³/mol. The molecular formula is C27H28. The topological polar surface area (TPSA) is 0 Å². The fraction of sp³-hybridized carbons (Fsp3) is 0.259. The first-order valence-corrected chi connectivity index (χ1v) is 10.3. The van der Waals surface area contributed by atoms with Gasteiger partial charge in [-0.3, -0.25) is 0 Å². The highest BCUT2D eigenvalue weighted by Gasteiger charge is 2.21. The van der Waals surface area contributed by atoms with Gasteiger partial charge in [0.25, 0.3) is 0 Å². The Labute approximate surface area is 163 Å². The number of rotatable bonds is 6. The molecule has 0 bridgehead atoms. The molecule has 0 spiro atoms. The summed E-state index contributed by atoms with van der Waals surface area (Å²) in [5, 5.41) is 0. The predicted octanol–water partition coefficient (Wildman–Crippen LogP) is 7.71. The molecule has 0 atom stereocenters. The maximum atomic E-state index is 2.49. The average Bonchev–Trinajstić information content (AvgIpc) is 3.15. The molecule has 3 aromatic rings. The molecule has 0 heteroatoms. The Morgan fingerprint density at radius 1 is 0.778 bits per heavy atom. The second-order valence-electron chi connectivity index (χ2n) is 7.52. The molecule has 4 rings (SSSR count). The lowest BCUT2D eigenvalue weighted by Gasteiger charge is -2.17. The van der Waals surface area contributed by atoms with Crippen molar-refractivity contribution in [1.29, 1.82) is 0 Å². The fourth-order valence-corrected chi connectivity index (χ4v) is 4.27. The molecule has 0 fully saturated rings. The normalized spacial score (nSPS) is 12.7. The summed E-state index contributed by atoms with van der Waals surface area (Å²) in [5.41, 5.74) is 11.4. The Morgan fingerprint density at radius 2 is 1.56 bits per heavy atom. The lowest BCUT2D eigenvalue weighted by atomic mass is 9.86. The molecule has 0 heterocycles. The zero-order chi connectivity index (χ0) is 18.6. The largest absolute Gasteiger partial charge is 0.0654 e. The van der Waals surface area contributed by atoms with Crippen LogP contribution in [0.5, 0.6) is 0 Å². The van der Waals surface area contributed by atoms with Crippen molar-refractivity contribution in [2.45, 2.75) is 46.0 Å². The Balaban J connectivity index is 1.94. The highest BCUT2D eigenvalue weighted by molar-refractivity contribution is 5.93. The summed E-state index contributed by atoms with van der Waals surface area (Å²) >= 11 is 0. The van der Waals surface area contributed by atoms with Crippen LogP contribution in [0.25, 0.3) is 28.3 Å². The van der Waals surface area contributed by atoms with Gasteiger partial charge in [0, 0.05) is 0 Å². The monoisotopic (exact) mass is 352 g/mol. The van der Waals surface area contributed by atoms with E-state index in [0.29, 0.717) is 0 Å². The van der Waals surface area contributed by atoms with Gasteiger partial charge in [0.15, 0.2) is 0 Å². The number of aryl methyl sites for hydroxylation is 1. The number of hydrogen-bond acceptors (Lipinski definition) is 0. The molecule has 0 radical (unpaired) electrons. The van der Waals surface area contributed by atoms with Crippen LogP contribution in [-0.2, 0) is 12.8 Å². The van der Waals surface area contributed by atoms with Crippen LogP contribution in [0, 0.1) is 0 Å². The van der Waals surface area contributed by atoms with Gasteiger partial charge in [0.05, 0.1) is 0 Å². The molecule has 0 saturated heterocycles. The van der Waals surface area contributed by atoms with Crippen LogP contribution in [0.2, 0.25) is 0 Å². The molecule has 1 aliphatic carbocycles. The fourth-order valence-electron chi connectivity index (χ4n) is 4.27. The quantitative estimate of drug-likeness (QED) is 0.426. The van der Waals surface area contributed by atoms with Crippen LogP contribution in [0.3, 0.4) is 0 Å². The Morgan fingerprint density at radius 3 is 2.33 bits per heavy atom. The standard InChI is InChI=1S/C27H28/c1-3-5-11-20-18-23-16-17-25(22-13-7-6-8-14-22)27(26(23)19-20)24-15-10-9-12-21(24)4-2/h6-10,12-17,19H,3-5,11,18H2,1-2H3. The molecule has 0 nitrogen and oxygen atoms in total. The van der Waals surface area contributed by atoms with Crippen molar-refractivity contribution in [2.24, 2.45) is 0 Å². The second kappa shape index (κ2) is 7.96. The van der Waals surface area contributed by atoms with Gasteiger partial charge >= 0.3 is 0 Å². The SMILES string of the molecule is CCCCC1=Cc2c(ccc(-c3ccccc3)c2-c2ccccc2CC)C1. The molecule has 0 unspecified atom stereocenters. The first kappa shape index (κ1) is 17.8. The first-order valence-electron chi connectivity index (χ1n) is 10.3. The van der Waals surface area contributed by atoms with Gasteiger partial charge in [-0.15, -0.1) is 0 Å². The van der Waals surface area contributed by atoms with Crippen LogP contribution in [0.4, 0.5) is 0 Å². The highest BCUT2D eigenvalue weighted by Crippen LogP contribution is 2.42. The highest BCUT2D eigenvalue weighted by atomic mass is 14.2. The van der Waals surface area contributed by atoms with E-state index in [1.54, 1.807) is 5.57 Å². The van der Waals surface area contributed by atoms with Crippen LogP contribution in [-0.4, -0.2) is 0 Å². The average molecular weight is 353 g/mol. The lowest BCUT2D eigenvalue weighted by molar-refractivity contribution is 0.779. The van der Waals surface area contributed by atoms with Gasteiger partial charge < -0.3 is 0 Å². The van der Waals surface area contributed by atoms with E-state index >= 15 is 0 Å². The minimum atomic E-state index is 1.06. The van der Waals surface area contributed by atoms with Crippen molar-refractivity contribution < 1.29 is 0 Å². The van der Waals surface area contributed by atoms with Crippen LogP contribution < -0.4 is 0 Å². The minimum Gasteiger partial charge on any atom is -0.0654 e. The summed E-state index contributed by atoms with van der Waals surface area (Å²) in [6.07, 6.45) is 8.42. The van der Waals surface area contributed by atoms with Crippen LogP contribution >= 0.6 is 0 Å². The van der Waals surface area contributed by atoms with E-state index in [1.807, 2.05) is 0 Å². The van der Waals surface area contributed by atoms with Gasteiger partial charge in [0.1, 0.15) is 0 Å². The van der Waals surface area contributed by atoms with Gasteiger partial charge in [-0.25, -0.2) is 0 Å². The molecule has 0 aliphatic heterocycles. The van der Waals surface area contributed by atoms with E-state index in [4.69, 9.17) is 0 Å². The summed E-state index contributed by atoms with van der Waals surface area (Å²) in [4.78, 5) is 0. The van der Waals surface area contributed by atoms with Crippen molar-refractivity contribution in [2.75, 3.05) is 0 Å². The van der Waals surface area contributed by atoms with Gasteiger partial charge in [-0.05, 0) is 64.6 Å². The molecule has 0 aromatic heterocycles. The van der Waals surface area contributed by atoms with Crippen molar-refractivity contribution in [3.63, 3.8) is 0 Å². The zero-order valence-electron chi connectivity index (χ0n) is 16.5. The maximum absolute atomic E-state index is 2.49.